The monoisotopic (exact) mass is 497 g/mol. The summed E-state index contributed by atoms with van der Waals surface area (Å²) in [7, 11) is 1.59. The van der Waals surface area contributed by atoms with Crippen molar-refractivity contribution in [1.29, 1.82) is 0 Å². The van der Waals surface area contributed by atoms with E-state index in [4.69, 9.17) is 9.47 Å². The highest BCUT2D eigenvalue weighted by molar-refractivity contribution is 9.10. The molecule has 0 saturated carbocycles. The number of anilines is 1. The molecule has 4 rings (SSSR count). The number of carbonyl (C=O) groups excluding carboxylic acids is 1. The Morgan fingerprint density at radius 1 is 1.10 bits per heavy atom. The zero-order chi connectivity index (χ0) is 21.6. The van der Waals surface area contributed by atoms with Crippen molar-refractivity contribution in [3.8, 4) is 22.1 Å². The van der Waals surface area contributed by atoms with Crippen LogP contribution in [0.3, 0.4) is 0 Å². The zero-order valence-corrected chi connectivity index (χ0v) is 18.7. The van der Waals surface area contributed by atoms with E-state index in [0.29, 0.717) is 27.2 Å². The number of pyridine rings is 2. The Kier molecular flexibility index (Phi) is 6.48. The van der Waals surface area contributed by atoms with Gasteiger partial charge in [0.05, 0.1) is 18.4 Å². The third kappa shape index (κ3) is 5.04. The molecule has 31 heavy (non-hydrogen) atoms. The standard InChI is InChI=1S/C21H16BrN5O3S/c1-29-18-5-3-2-4-16(18)15-8-9-23-11-17(15)19(28)25-20-26-27-21(31-20)30-12-14-7-6-13(22)10-24-14/h2-11H,12H2,1H3,(H,25,26,28). The molecule has 0 spiro atoms. The van der Waals surface area contributed by atoms with Gasteiger partial charge in [0.2, 0.25) is 5.13 Å². The van der Waals surface area contributed by atoms with Gasteiger partial charge in [-0.05, 0) is 51.5 Å². The van der Waals surface area contributed by atoms with Crippen molar-refractivity contribution in [1.82, 2.24) is 20.2 Å². The molecule has 0 aliphatic carbocycles. The normalized spacial score (nSPS) is 10.5. The molecule has 1 N–H and O–H groups in total. The first-order valence-corrected chi connectivity index (χ1v) is 10.7. The fraction of sp³-hybridized carbons (Fsp3) is 0.0952. The molecular formula is C21H16BrN5O3S. The molecule has 0 bridgehead atoms. The van der Waals surface area contributed by atoms with Crippen LogP contribution in [0.5, 0.6) is 10.9 Å². The van der Waals surface area contributed by atoms with Crippen LogP contribution in [0.25, 0.3) is 11.1 Å². The average Bonchev–Trinajstić information content (AvgIpc) is 3.26. The number of methoxy groups -OCH3 is 1. The van der Waals surface area contributed by atoms with Crippen LogP contribution in [0, 0.1) is 0 Å². The van der Waals surface area contributed by atoms with Gasteiger partial charge in [0.25, 0.3) is 11.1 Å². The Labute approximate surface area is 190 Å². The molecule has 1 aromatic carbocycles. The lowest BCUT2D eigenvalue weighted by atomic mass is 10.0. The number of para-hydroxylation sites is 1. The summed E-state index contributed by atoms with van der Waals surface area (Å²) in [6.45, 7) is 0.246. The van der Waals surface area contributed by atoms with Gasteiger partial charge in [-0.3, -0.25) is 20.1 Å². The van der Waals surface area contributed by atoms with Crippen LogP contribution in [0.1, 0.15) is 16.1 Å². The molecule has 1 amide bonds. The van der Waals surface area contributed by atoms with E-state index in [0.717, 1.165) is 27.1 Å². The van der Waals surface area contributed by atoms with Crippen LogP contribution >= 0.6 is 27.3 Å². The van der Waals surface area contributed by atoms with E-state index in [9.17, 15) is 4.79 Å². The van der Waals surface area contributed by atoms with E-state index >= 15 is 0 Å². The first kappa shape index (κ1) is 20.9. The van der Waals surface area contributed by atoms with E-state index in [1.807, 2.05) is 36.4 Å². The molecule has 156 valence electrons. The molecule has 3 heterocycles. The van der Waals surface area contributed by atoms with Crippen LogP contribution in [0.2, 0.25) is 0 Å². The van der Waals surface area contributed by atoms with Crippen LogP contribution in [-0.4, -0.2) is 33.2 Å². The Morgan fingerprint density at radius 3 is 2.77 bits per heavy atom. The molecule has 0 unspecified atom stereocenters. The van der Waals surface area contributed by atoms with Gasteiger partial charge in [0.1, 0.15) is 12.4 Å². The quantitative estimate of drug-likeness (QED) is 0.398. The summed E-state index contributed by atoms with van der Waals surface area (Å²) in [5.41, 5.74) is 2.64. The maximum atomic E-state index is 12.9. The van der Waals surface area contributed by atoms with Crippen LogP contribution in [0.4, 0.5) is 5.13 Å². The van der Waals surface area contributed by atoms with Gasteiger partial charge in [-0.15, -0.1) is 5.10 Å². The number of hydrogen-bond acceptors (Lipinski definition) is 8. The highest BCUT2D eigenvalue weighted by Crippen LogP contribution is 2.32. The van der Waals surface area contributed by atoms with Crippen molar-refractivity contribution in [3.63, 3.8) is 0 Å². The van der Waals surface area contributed by atoms with E-state index in [1.54, 1.807) is 25.6 Å². The largest absolute Gasteiger partial charge is 0.496 e. The number of benzene rings is 1. The Bertz CT molecular complexity index is 1200. The maximum absolute atomic E-state index is 12.9. The second-order valence-electron chi connectivity index (χ2n) is 6.21. The lowest BCUT2D eigenvalue weighted by Gasteiger charge is -2.11. The number of halogens is 1. The first-order valence-electron chi connectivity index (χ1n) is 9.09. The summed E-state index contributed by atoms with van der Waals surface area (Å²) >= 11 is 4.47. The fourth-order valence-corrected chi connectivity index (χ4v) is 3.61. The van der Waals surface area contributed by atoms with Crippen molar-refractivity contribution >= 4 is 38.3 Å². The van der Waals surface area contributed by atoms with Gasteiger partial charge in [-0.25, -0.2) is 0 Å². The van der Waals surface area contributed by atoms with Crippen LogP contribution < -0.4 is 14.8 Å². The van der Waals surface area contributed by atoms with Crippen molar-refractivity contribution in [3.05, 3.63) is 76.8 Å². The summed E-state index contributed by atoms with van der Waals surface area (Å²) in [6.07, 6.45) is 4.83. The van der Waals surface area contributed by atoms with Gasteiger partial charge in [0, 0.05) is 34.2 Å². The zero-order valence-electron chi connectivity index (χ0n) is 16.3. The van der Waals surface area contributed by atoms with E-state index < -0.39 is 0 Å². The Balaban J connectivity index is 1.48. The average molecular weight is 498 g/mol. The summed E-state index contributed by atoms with van der Waals surface area (Å²) in [4.78, 5) is 21.3. The number of amides is 1. The van der Waals surface area contributed by atoms with Gasteiger partial charge in [0.15, 0.2) is 0 Å². The third-order valence-corrected chi connectivity index (χ3v) is 5.44. The molecule has 0 atom stereocenters. The summed E-state index contributed by atoms with van der Waals surface area (Å²) in [6, 6.07) is 13.0. The molecule has 0 aliphatic heterocycles. The number of carbonyl (C=O) groups is 1. The first-order chi connectivity index (χ1) is 15.1. The van der Waals surface area contributed by atoms with Crippen molar-refractivity contribution < 1.29 is 14.3 Å². The molecule has 8 nitrogen and oxygen atoms in total. The van der Waals surface area contributed by atoms with E-state index in [1.165, 1.54) is 6.20 Å². The molecule has 0 radical (unpaired) electrons. The minimum Gasteiger partial charge on any atom is -0.496 e. The second-order valence-corrected chi connectivity index (χ2v) is 8.06. The molecule has 0 fully saturated rings. The van der Waals surface area contributed by atoms with Crippen LogP contribution in [-0.2, 0) is 6.61 Å². The highest BCUT2D eigenvalue weighted by atomic mass is 79.9. The van der Waals surface area contributed by atoms with Crippen molar-refractivity contribution in [2.75, 3.05) is 12.4 Å². The van der Waals surface area contributed by atoms with Crippen LogP contribution in [0.15, 0.2) is 65.5 Å². The predicted octanol–water partition coefficient (Wildman–Crippen LogP) is 4.60. The third-order valence-electron chi connectivity index (χ3n) is 4.22. The number of nitrogens with zero attached hydrogens (tertiary/aromatic N) is 4. The number of hydrogen-bond donors (Lipinski definition) is 1. The van der Waals surface area contributed by atoms with Gasteiger partial charge in [-0.2, -0.15) is 0 Å². The summed E-state index contributed by atoms with van der Waals surface area (Å²) in [5.74, 6) is 0.308. The van der Waals surface area contributed by atoms with Crippen molar-refractivity contribution in [2.45, 2.75) is 6.61 Å². The van der Waals surface area contributed by atoms with E-state index in [2.05, 4.69) is 41.4 Å². The van der Waals surface area contributed by atoms with Gasteiger partial charge in [-0.1, -0.05) is 23.3 Å². The Hall–Kier alpha value is -3.37. The molecule has 3 aromatic heterocycles. The van der Waals surface area contributed by atoms with E-state index in [-0.39, 0.29) is 12.5 Å². The van der Waals surface area contributed by atoms with Crippen molar-refractivity contribution in [2.24, 2.45) is 0 Å². The maximum Gasteiger partial charge on any atom is 0.296 e. The number of aromatic nitrogens is 4. The predicted molar refractivity (Wildman–Crippen MR) is 120 cm³/mol. The Morgan fingerprint density at radius 2 is 1.97 bits per heavy atom. The SMILES string of the molecule is COc1ccccc1-c1ccncc1C(=O)Nc1nnc(OCc2ccc(Br)cn2)s1. The van der Waals surface area contributed by atoms with Gasteiger partial charge < -0.3 is 9.47 Å². The topological polar surface area (TPSA) is 99.1 Å². The highest BCUT2D eigenvalue weighted by Gasteiger charge is 2.17. The second kappa shape index (κ2) is 9.63. The lowest BCUT2D eigenvalue weighted by molar-refractivity contribution is 0.102. The van der Waals surface area contributed by atoms with Gasteiger partial charge >= 0.3 is 0 Å². The molecule has 0 aliphatic rings. The molecule has 4 aromatic rings. The minimum atomic E-state index is -0.355. The fourth-order valence-electron chi connectivity index (χ4n) is 2.79. The number of nitrogens with one attached hydrogen (secondary N) is 1. The summed E-state index contributed by atoms with van der Waals surface area (Å²) < 4.78 is 11.9. The number of ether oxygens (including phenoxy) is 2. The molecule has 0 saturated heterocycles. The number of rotatable bonds is 7. The minimum absolute atomic E-state index is 0.246. The smallest absolute Gasteiger partial charge is 0.296 e. The molecule has 10 heteroatoms. The summed E-state index contributed by atoms with van der Waals surface area (Å²) in [5, 5.41) is 11.3. The lowest BCUT2D eigenvalue weighted by Crippen LogP contribution is -2.13. The molecular weight excluding hydrogens is 482 g/mol.